The summed E-state index contributed by atoms with van der Waals surface area (Å²) in [6.07, 6.45) is 3.56. The molecule has 6 nitrogen and oxygen atoms in total. The molecule has 1 spiro atoms. The quantitative estimate of drug-likeness (QED) is 0.364. The first-order chi connectivity index (χ1) is 20.0. The van der Waals surface area contributed by atoms with Crippen LogP contribution in [0, 0.1) is 0 Å². The lowest BCUT2D eigenvalue weighted by atomic mass is 9.83. The van der Waals surface area contributed by atoms with Gasteiger partial charge >= 0.3 is 0 Å². The number of aliphatic hydroxyl groups excluding tert-OH is 1. The molecule has 3 aliphatic heterocycles. The van der Waals surface area contributed by atoms with E-state index in [1.165, 1.54) is 0 Å². The predicted octanol–water partition coefficient (Wildman–Crippen LogP) is 5.68. The Kier molecular flexibility index (Phi) is 8.57. The summed E-state index contributed by atoms with van der Waals surface area (Å²) in [6, 6.07) is 26.4. The van der Waals surface area contributed by atoms with Crippen LogP contribution in [0.15, 0.2) is 78.9 Å². The molecule has 0 aliphatic carbocycles. The summed E-state index contributed by atoms with van der Waals surface area (Å²) in [5.41, 5.74) is 2.55. The third kappa shape index (κ3) is 5.49. The van der Waals surface area contributed by atoms with E-state index in [4.69, 9.17) is 23.2 Å². The number of carbonyl (C=O) groups excluding carboxylic acids is 1. The van der Waals surface area contributed by atoms with Crippen LogP contribution < -0.4 is 4.90 Å². The number of benzene rings is 3. The molecule has 1 N–H and O–H groups in total. The van der Waals surface area contributed by atoms with Crippen molar-refractivity contribution >= 4 is 34.8 Å². The van der Waals surface area contributed by atoms with Gasteiger partial charge in [-0.15, -0.1) is 0 Å². The van der Waals surface area contributed by atoms with Gasteiger partial charge in [-0.1, -0.05) is 77.8 Å². The second-order valence-electron chi connectivity index (χ2n) is 11.5. The molecular formula is C33H38Cl2N4O2. The first-order valence-electron chi connectivity index (χ1n) is 14.7. The van der Waals surface area contributed by atoms with Crippen molar-refractivity contribution in [2.75, 3.05) is 50.9 Å². The van der Waals surface area contributed by atoms with Gasteiger partial charge in [-0.3, -0.25) is 14.6 Å². The van der Waals surface area contributed by atoms with E-state index in [1.807, 2.05) is 59.5 Å². The van der Waals surface area contributed by atoms with E-state index < -0.39 is 5.54 Å². The average Bonchev–Trinajstić information content (AvgIpc) is 3.57. The number of aliphatic hydroxyl groups is 1. The molecule has 0 radical (unpaired) electrons. The Labute approximate surface area is 253 Å². The van der Waals surface area contributed by atoms with Crippen molar-refractivity contribution in [2.24, 2.45) is 0 Å². The van der Waals surface area contributed by atoms with Gasteiger partial charge in [0.25, 0.3) is 0 Å². The summed E-state index contributed by atoms with van der Waals surface area (Å²) in [7, 11) is 0. The number of hydrogen-bond donors (Lipinski definition) is 1. The lowest BCUT2D eigenvalue weighted by Crippen LogP contribution is -2.57. The highest BCUT2D eigenvalue weighted by Crippen LogP contribution is 2.44. The number of anilines is 1. The van der Waals surface area contributed by atoms with E-state index in [0.717, 1.165) is 65.9 Å². The number of piperidine rings is 1. The Morgan fingerprint density at radius 1 is 0.829 bits per heavy atom. The number of nitrogens with zero attached hydrogens (tertiary/aromatic N) is 4. The van der Waals surface area contributed by atoms with Crippen molar-refractivity contribution in [1.29, 1.82) is 0 Å². The fourth-order valence-electron chi connectivity index (χ4n) is 7.13. The van der Waals surface area contributed by atoms with Crippen LogP contribution in [0.4, 0.5) is 5.69 Å². The molecule has 41 heavy (non-hydrogen) atoms. The van der Waals surface area contributed by atoms with E-state index in [2.05, 4.69) is 39.0 Å². The smallest absolute Gasteiger partial charge is 0.250 e. The molecule has 0 bridgehead atoms. The summed E-state index contributed by atoms with van der Waals surface area (Å²) in [4.78, 5) is 23.4. The number of halogens is 2. The summed E-state index contributed by atoms with van der Waals surface area (Å²) in [6.45, 7) is 4.70. The molecule has 6 rings (SSSR count). The van der Waals surface area contributed by atoms with Gasteiger partial charge in [0.05, 0.1) is 19.3 Å². The van der Waals surface area contributed by atoms with Gasteiger partial charge in [-0.05, 0) is 67.6 Å². The molecule has 216 valence electrons. The first kappa shape index (κ1) is 28.5. The number of hydrogen-bond acceptors (Lipinski definition) is 5. The van der Waals surface area contributed by atoms with Crippen molar-refractivity contribution in [3.05, 3.63) is 100 Å². The van der Waals surface area contributed by atoms with Crippen LogP contribution in [0.3, 0.4) is 0 Å². The van der Waals surface area contributed by atoms with Crippen LogP contribution in [-0.2, 0) is 4.79 Å². The number of para-hydroxylation sites is 1. The molecule has 3 heterocycles. The van der Waals surface area contributed by atoms with Crippen molar-refractivity contribution in [2.45, 2.75) is 43.3 Å². The normalized spacial score (nSPS) is 21.5. The van der Waals surface area contributed by atoms with Gasteiger partial charge in [0.1, 0.15) is 5.54 Å². The Hall–Kier alpha value is -2.61. The Balaban J connectivity index is 1.27. The molecule has 3 fully saturated rings. The Bertz CT molecular complexity index is 1300. The first-order valence-corrected chi connectivity index (χ1v) is 15.5. The number of rotatable bonds is 8. The second-order valence-corrected chi connectivity index (χ2v) is 12.3. The van der Waals surface area contributed by atoms with Crippen molar-refractivity contribution < 1.29 is 9.90 Å². The molecule has 1 unspecified atom stereocenters. The zero-order valence-electron chi connectivity index (χ0n) is 23.3. The molecule has 3 aromatic rings. The lowest BCUT2D eigenvalue weighted by molar-refractivity contribution is -0.134. The minimum absolute atomic E-state index is 0.0990. The maximum absolute atomic E-state index is 14.3. The number of likely N-dealkylation sites (tertiary alicyclic amines) is 2. The zero-order chi connectivity index (χ0) is 28.4. The standard InChI is InChI=1S/C33H38Cl2N4O2/c34-29-14-6-4-12-27(29)31(28-13-5-7-15-30(28)35)37-19-16-33(17-20-37)32(41)38(22-21-36-18-8-11-26(36)23-40)24-39(33)25-9-2-1-3-10-25/h1-7,9-10,12-15,26,31,40H,8,11,16-24H2. The van der Waals surface area contributed by atoms with E-state index in [9.17, 15) is 9.90 Å². The second kappa shape index (κ2) is 12.3. The average molecular weight is 594 g/mol. The summed E-state index contributed by atoms with van der Waals surface area (Å²) in [5.74, 6) is 0.216. The minimum atomic E-state index is -0.593. The minimum Gasteiger partial charge on any atom is -0.395 e. The topological polar surface area (TPSA) is 50.3 Å². The van der Waals surface area contributed by atoms with Crippen molar-refractivity contribution in [1.82, 2.24) is 14.7 Å². The Morgan fingerprint density at radius 2 is 1.44 bits per heavy atom. The van der Waals surface area contributed by atoms with E-state index in [1.54, 1.807) is 0 Å². The molecule has 0 saturated carbocycles. The lowest BCUT2D eigenvalue weighted by Gasteiger charge is -2.46. The zero-order valence-corrected chi connectivity index (χ0v) is 24.9. The van der Waals surface area contributed by atoms with E-state index in [0.29, 0.717) is 26.1 Å². The largest absolute Gasteiger partial charge is 0.395 e. The van der Waals surface area contributed by atoms with Gasteiger partial charge in [-0.25, -0.2) is 0 Å². The molecule has 0 aromatic heterocycles. The molecule has 1 amide bonds. The van der Waals surface area contributed by atoms with Crippen molar-refractivity contribution in [3.63, 3.8) is 0 Å². The monoisotopic (exact) mass is 592 g/mol. The van der Waals surface area contributed by atoms with Crippen molar-refractivity contribution in [3.8, 4) is 0 Å². The highest BCUT2D eigenvalue weighted by atomic mass is 35.5. The number of amides is 1. The SMILES string of the molecule is O=C1N(CCN2CCCC2CO)CN(c2ccccc2)C12CCN(C(c1ccccc1Cl)c1ccccc1Cl)CC2. The molecule has 1 atom stereocenters. The molecule has 3 aliphatic rings. The van der Waals surface area contributed by atoms with Crippen LogP contribution in [-0.4, -0.2) is 83.3 Å². The highest BCUT2D eigenvalue weighted by molar-refractivity contribution is 6.32. The van der Waals surface area contributed by atoms with Crippen LogP contribution in [0.5, 0.6) is 0 Å². The van der Waals surface area contributed by atoms with E-state index >= 15 is 0 Å². The highest BCUT2D eigenvalue weighted by Gasteiger charge is 2.54. The summed E-state index contributed by atoms with van der Waals surface area (Å²) < 4.78 is 0. The van der Waals surface area contributed by atoms with Crippen LogP contribution in [0.2, 0.25) is 10.0 Å². The van der Waals surface area contributed by atoms with E-state index in [-0.39, 0.29) is 24.6 Å². The molecular weight excluding hydrogens is 555 g/mol. The van der Waals surface area contributed by atoms with Gasteiger partial charge in [-0.2, -0.15) is 0 Å². The Morgan fingerprint density at radius 3 is 2.05 bits per heavy atom. The maximum Gasteiger partial charge on any atom is 0.250 e. The summed E-state index contributed by atoms with van der Waals surface area (Å²) in [5, 5.41) is 11.2. The summed E-state index contributed by atoms with van der Waals surface area (Å²) >= 11 is 13.5. The predicted molar refractivity (Wildman–Crippen MR) is 165 cm³/mol. The van der Waals surface area contributed by atoms with Crippen LogP contribution in [0.1, 0.15) is 42.9 Å². The third-order valence-electron chi connectivity index (χ3n) is 9.34. The molecule has 3 aromatic carbocycles. The third-order valence-corrected chi connectivity index (χ3v) is 10.0. The van der Waals surface area contributed by atoms with Gasteiger partial charge in [0.15, 0.2) is 0 Å². The number of carbonyl (C=O) groups is 1. The van der Waals surface area contributed by atoms with Gasteiger partial charge < -0.3 is 14.9 Å². The van der Waals surface area contributed by atoms with Crippen LogP contribution in [0.25, 0.3) is 0 Å². The van der Waals surface area contributed by atoms with Gasteiger partial charge in [0, 0.05) is 48.0 Å². The maximum atomic E-state index is 14.3. The van der Waals surface area contributed by atoms with Crippen LogP contribution >= 0.6 is 23.2 Å². The van der Waals surface area contributed by atoms with Gasteiger partial charge in [0.2, 0.25) is 5.91 Å². The fraction of sp³-hybridized carbons (Fsp3) is 0.424. The fourth-order valence-corrected chi connectivity index (χ4v) is 7.60. The molecule has 3 saturated heterocycles. The molecule has 8 heteroatoms.